The fourth-order valence-corrected chi connectivity index (χ4v) is 3.59. The van der Waals surface area contributed by atoms with E-state index in [0.29, 0.717) is 4.21 Å². The third-order valence-electron chi connectivity index (χ3n) is 2.60. The molecule has 96 valence electrons. The van der Waals surface area contributed by atoms with E-state index >= 15 is 0 Å². The first-order chi connectivity index (χ1) is 8.39. The first-order valence-electron chi connectivity index (χ1n) is 5.48. The summed E-state index contributed by atoms with van der Waals surface area (Å²) in [6.45, 7) is 3.43. The molecule has 1 heterocycles. The van der Waals surface area contributed by atoms with Gasteiger partial charge < -0.3 is 5.11 Å². The molecular formula is C13H15NO2S2. The van der Waals surface area contributed by atoms with Gasteiger partial charge in [-0.1, -0.05) is 30.3 Å². The average molecular weight is 281 g/mol. The molecule has 2 rings (SSSR count). The Kier molecular flexibility index (Phi) is 3.68. The van der Waals surface area contributed by atoms with Crippen LogP contribution in [0.1, 0.15) is 19.4 Å². The highest BCUT2D eigenvalue weighted by atomic mass is 32.2. The molecule has 0 saturated carbocycles. The second-order valence-corrected chi connectivity index (χ2v) is 6.88. The molecule has 0 bridgehead atoms. The van der Waals surface area contributed by atoms with Crippen molar-refractivity contribution in [1.29, 1.82) is 0 Å². The summed E-state index contributed by atoms with van der Waals surface area (Å²) >= 11 is 1.36. The van der Waals surface area contributed by atoms with Gasteiger partial charge in [-0.05, 0) is 25.5 Å². The van der Waals surface area contributed by atoms with Gasteiger partial charge in [0.05, 0.1) is 5.60 Å². The average Bonchev–Trinajstić information content (AvgIpc) is 2.74. The van der Waals surface area contributed by atoms with Crippen LogP contribution in [0.2, 0.25) is 0 Å². The zero-order valence-electron chi connectivity index (χ0n) is 10.2. The highest BCUT2D eigenvalue weighted by Gasteiger charge is 2.24. The Morgan fingerprint density at radius 3 is 2.39 bits per heavy atom. The molecule has 1 atom stereocenters. The Morgan fingerprint density at radius 1 is 1.28 bits per heavy atom. The van der Waals surface area contributed by atoms with Gasteiger partial charge in [0.1, 0.15) is 15.2 Å². The lowest BCUT2D eigenvalue weighted by Crippen LogP contribution is -2.15. The van der Waals surface area contributed by atoms with Crippen LogP contribution in [-0.4, -0.2) is 9.32 Å². The normalized spacial score (nSPS) is 13.6. The van der Waals surface area contributed by atoms with E-state index < -0.39 is 16.6 Å². The lowest BCUT2D eigenvalue weighted by Gasteiger charge is -2.18. The lowest BCUT2D eigenvalue weighted by atomic mass is 9.96. The molecule has 0 aliphatic rings. The second kappa shape index (κ2) is 4.93. The highest BCUT2D eigenvalue weighted by molar-refractivity contribution is 7.85. The predicted molar refractivity (Wildman–Crippen MR) is 75.6 cm³/mol. The van der Waals surface area contributed by atoms with Crippen molar-refractivity contribution in [3.05, 3.63) is 42.0 Å². The van der Waals surface area contributed by atoms with Crippen molar-refractivity contribution in [1.82, 2.24) is 0 Å². The number of hydrogen-bond acceptors (Lipinski definition) is 3. The van der Waals surface area contributed by atoms with Gasteiger partial charge in [-0.15, -0.1) is 11.3 Å². The molecule has 2 aromatic rings. The molecule has 3 nitrogen and oxygen atoms in total. The van der Waals surface area contributed by atoms with E-state index in [4.69, 9.17) is 5.14 Å². The Labute approximate surface area is 113 Å². The fourth-order valence-electron chi connectivity index (χ4n) is 1.73. The van der Waals surface area contributed by atoms with Gasteiger partial charge >= 0.3 is 0 Å². The molecule has 0 aliphatic carbocycles. The van der Waals surface area contributed by atoms with Gasteiger partial charge in [-0.2, -0.15) is 0 Å². The van der Waals surface area contributed by atoms with E-state index in [9.17, 15) is 9.32 Å². The molecule has 0 saturated heterocycles. The van der Waals surface area contributed by atoms with Gasteiger partial charge in [-0.25, -0.2) is 9.35 Å². The van der Waals surface area contributed by atoms with Gasteiger partial charge in [0, 0.05) is 10.4 Å². The van der Waals surface area contributed by atoms with Gasteiger partial charge in [0.25, 0.3) is 0 Å². The molecule has 18 heavy (non-hydrogen) atoms. The minimum absolute atomic E-state index is 0.575. The number of nitrogens with two attached hydrogens (primary N) is 1. The van der Waals surface area contributed by atoms with Crippen molar-refractivity contribution >= 4 is 22.3 Å². The van der Waals surface area contributed by atoms with Crippen LogP contribution < -0.4 is 5.14 Å². The zero-order valence-corrected chi connectivity index (χ0v) is 11.8. The summed E-state index contributed by atoms with van der Waals surface area (Å²) in [5.41, 5.74) is 0.767. The molecule has 5 heteroatoms. The number of rotatable bonds is 3. The van der Waals surface area contributed by atoms with Crippen LogP contribution in [0.4, 0.5) is 0 Å². The molecule has 0 radical (unpaired) electrons. The minimum atomic E-state index is -1.52. The lowest BCUT2D eigenvalue weighted by molar-refractivity contribution is 0.0795. The highest BCUT2D eigenvalue weighted by Crippen LogP contribution is 2.39. The first kappa shape index (κ1) is 13.4. The van der Waals surface area contributed by atoms with Crippen LogP contribution in [0.25, 0.3) is 10.4 Å². The molecule has 1 aromatic heterocycles. The van der Waals surface area contributed by atoms with Crippen LogP contribution in [0.5, 0.6) is 0 Å². The summed E-state index contributed by atoms with van der Waals surface area (Å²) in [7, 11) is -1.52. The second-order valence-electron chi connectivity index (χ2n) is 4.53. The van der Waals surface area contributed by atoms with E-state index in [-0.39, 0.29) is 0 Å². The third kappa shape index (κ3) is 2.70. The van der Waals surface area contributed by atoms with Crippen LogP contribution in [-0.2, 0) is 16.6 Å². The van der Waals surface area contributed by atoms with E-state index in [1.54, 1.807) is 19.9 Å². The Morgan fingerprint density at radius 2 is 1.89 bits per heavy atom. The smallest absolute Gasteiger partial charge is 0.132 e. The number of thiophene rings is 1. The minimum Gasteiger partial charge on any atom is -0.386 e. The Hall–Kier alpha value is -1.01. The predicted octanol–water partition coefficient (Wildman–Crippen LogP) is 2.62. The molecule has 3 N–H and O–H groups in total. The maximum atomic E-state index is 11.4. The summed E-state index contributed by atoms with van der Waals surface area (Å²) in [5, 5.41) is 15.6. The summed E-state index contributed by atoms with van der Waals surface area (Å²) < 4.78 is 12.0. The Bertz CT molecular complexity index is 570. The molecular weight excluding hydrogens is 266 g/mol. The monoisotopic (exact) mass is 281 g/mol. The zero-order chi connectivity index (χ0) is 13.3. The van der Waals surface area contributed by atoms with Gasteiger partial charge in [0.2, 0.25) is 0 Å². The largest absolute Gasteiger partial charge is 0.386 e. The standard InChI is InChI=1S/C13H15NO2S2/c1-13(2,15)10-8-11(18(14)16)17-12(10)9-6-4-3-5-7-9/h3-8,15H,14H2,1-2H3. The van der Waals surface area contributed by atoms with Crippen LogP contribution in [0, 0.1) is 0 Å². The molecule has 1 unspecified atom stereocenters. The van der Waals surface area contributed by atoms with E-state index in [1.165, 1.54) is 11.3 Å². The van der Waals surface area contributed by atoms with Crippen molar-refractivity contribution in [2.75, 3.05) is 0 Å². The molecule has 0 spiro atoms. The van der Waals surface area contributed by atoms with E-state index in [0.717, 1.165) is 16.0 Å². The summed E-state index contributed by atoms with van der Waals surface area (Å²) in [6, 6.07) is 11.4. The van der Waals surface area contributed by atoms with Gasteiger partial charge in [0.15, 0.2) is 0 Å². The topological polar surface area (TPSA) is 63.3 Å². The summed E-state index contributed by atoms with van der Waals surface area (Å²) in [5.74, 6) is 0. The van der Waals surface area contributed by atoms with Crippen LogP contribution in [0.3, 0.4) is 0 Å². The molecule has 0 amide bonds. The third-order valence-corrected chi connectivity index (χ3v) is 4.84. The molecule has 0 fully saturated rings. The maximum absolute atomic E-state index is 11.4. The SMILES string of the molecule is CC(C)(O)c1cc(S(N)=O)sc1-c1ccccc1. The van der Waals surface area contributed by atoms with Crippen molar-refractivity contribution in [3.63, 3.8) is 0 Å². The van der Waals surface area contributed by atoms with Crippen molar-refractivity contribution in [2.24, 2.45) is 5.14 Å². The molecule has 0 aliphatic heterocycles. The number of aliphatic hydroxyl groups is 1. The Balaban J connectivity index is 2.62. The van der Waals surface area contributed by atoms with E-state index in [1.807, 2.05) is 30.3 Å². The number of benzene rings is 1. The first-order valence-corrected chi connectivity index (χ1v) is 7.51. The van der Waals surface area contributed by atoms with E-state index in [2.05, 4.69) is 0 Å². The van der Waals surface area contributed by atoms with Crippen molar-refractivity contribution in [3.8, 4) is 10.4 Å². The van der Waals surface area contributed by atoms with Crippen molar-refractivity contribution in [2.45, 2.75) is 23.7 Å². The quantitative estimate of drug-likeness (QED) is 0.908. The maximum Gasteiger partial charge on any atom is 0.132 e. The van der Waals surface area contributed by atoms with Crippen LogP contribution in [0.15, 0.2) is 40.6 Å². The fraction of sp³-hybridized carbons (Fsp3) is 0.231. The summed E-state index contributed by atoms with van der Waals surface area (Å²) in [6.07, 6.45) is 0. The van der Waals surface area contributed by atoms with Crippen molar-refractivity contribution < 1.29 is 9.32 Å². The van der Waals surface area contributed by atoms with Gasteiger partial charge in [-0.3, -0.25) is 0 Å². The molecule has 1 aromatic carbocycles. The number of hydrogen-bond donors (Lipinski definition) is 2. The van der Waals surface area contributed by atoms with Crippen LogP contribution >= 0.6 is 11.3 Å². The summed E-state index contributed by atoms with van der Waals surface area (Å²) in [4.78, 5) is 0.914.